The minimum absolute atomic E-state index is 0.219. The van der Waals surface area contributed by atoms with E-state index in [9.17, 15) is 39.5 Å². The van der Waals surface area contributed by atoms with Crippen LogP contribution in [0.25, 0.3) is 0 Å². The molecule has 0 aliphatic rings. The van der Waals surface area contributed by atoms with Crippen molar-refractivity contribution < 1.29 is 39.5 Å². The molecule has 0 fully saturated rings. The molecule has 0 spiro atoms. The summed E-state index contributed by atoms with van der Waals surface area (Å²) in [5.74, 6) is -16.4. The van der Waals surface area contributed by atoms with E-state index in [-0.39, 0.29) is 22.6 Å². The van der Waals surface area contributed by atoms with Gasteiger partial charge in [0.2, 0.25) is 5.83 Å². The summed E-state index contributed by atoms with van der Waals surface area (Å²) in [7, 11) is 0. The van der Waals surface area contributed by atoms with Crippen LogP contribution in [-0.4, -0.2) is 18.0 Å². The van der Waals surface area contributed by atoms with Crippen molar-refractivity contribution in [2.45, 2.75) is 18.0 Å². The first kappa shape index (κ1) is 14.8. The molecule has 0 aromatic rings. The zero-order valence-electron chi connectivity index (χ0n) is 6.28. The highest BCUT2D eigenvalue weighted by Gasteiger charge is 2.75. The van der Waals surface area contributed by atoms with Gasteiger partial charge in [0.1, 0.15) is 0 Å². The molecule has 90 valence electrons. The zero-order chi connectivity index (χ0) is 12.7. The molecule has 0 atom stereocenters. The lowest BCUT2D eigenvalue weighted by Gasteiger charge is -2.26. The Hall–Kier alpha value is -0.160. The van der Waals surface area contributed by atoms with Crippen LogP contribution in [0, 0.1) is 0 Å². The van der Waals surface area contributed by atoms with Crippen LogP contribution in [0.4, 0.5) is 39.5 Å². The third kappa shape index (κ3) is 2.50. The van der Waals surface area contributed by atoms with E-state index in [1.807, 2.05) is 0 Å². The highest BCUT2D eigenvalue weighted by atomic mass is 127. The highest BCUT2D eigenvalue weighted by Crippen LogP contribution is 2.51. The summed E-state index contributed by atoms with van der Waals surface area (Å²) in [6.07, 6.45) is -6.68. The summed E-state index contributed by atoms with van der Waals surface area (Å²) in [6.45, 7) is 0. The Morgan fingerprint density at radius 1 is 0.800 bits per heavy atom. The maximum absolute atomic E-state index is 12.2. The average molecular weight is 358 g/mol. The van der Waals surface area contributed by atoms with Crippen molar-refractivity contribution in [3.05, 3.63) is 9.66 Å². The van der Waals surface area contributed by atoms with Gasteiger partial charge < -0.3 is 0 Å². The van der Waals surface area contributed by atoms with Gasteiger partial charge in [0.05, 0.1) is 0 Å². The van der Waals surface area contributed by atoms with Gasteiger partial charge in [-0.05, 0) is 22.6 Å². The second-order valence-corrected chi connectivity index (χ2v) is 3.17. The normalized spacial score (nSPS) is 16.4. The van der Waals surface area contributed by atoms with E-state index in [1.54, 1.807) is 0 Å². The van der Waals surface area contributed by atoms with Crippen LogP contribution in [0.1, 0.15) is 0 Å². The van der Waals surface area contributed by atoms with Crippen molar-refractivity contribution in [3.8, 4) is 0 Å². The van der Waals surface area contributed by atoms with E-state index in [2.05, 4.69) is 0 Å². The number of allylic oxidation sites excluding steroid dienone is 1. The van der Waals surface area contributed by atoms with E-state index >= 15 is 0 Å². The Bertz CT molecular complexity index is 271. The van der Waals surface area contributed by atoms with Gasteiger partial charge in [-0.1, -0.05) is 0 Å². The Morgan fingerprint density at radius 2 is 1.13 bits per heavy atom. The molecule has 0 heterocycles. The monoisotopic (exact) mass is 358 g/mol. The van der Waals surface area contributed by atoms with Crippen molar-refractivity contribution >= 4 is 22.6 Å². The molecule has 0 unspecified atom stereocenters. The van der Waals surface area contributed by atoms with Gasteiger partial charge >= 0.3 is 18.0 Å². The molecule has 0 aliphatic heterocycles. The van der Waals surface area contributed by atoms with E-state index in [1.165, 1.54) is 0 Å². The van der Waals surface area contributed by atoms with E-state index in [0.29, 0.717) is 0 Å². The third-order valence-corrected chi connectivity index (χ3v) is 1.67. The molecule has 10 heteroatoms. The minimum atomic E-state index is -6.68. The first-order chi connectivity index (χ1) is 6.35. The van der Waals surface area contributed by atoms with Crippen LogP contribution < -0.4 is 0 Å². The van der Waals surface area contributed by atoms with Gasteiger partial charge in [-0.3, -0.25) is 0 Å². The molecule has 0 saturated carbocycles. The van der Waals surface area contributed by atoms with Crippen LogP contribution in [0.3, 0.4) is 0 Å². The first-order valence-corrected chi connectivity index (χ1v) is 3.97. The molecule has 0 saturated heterocycles. The molecule has 0 bridgehead atoms. The highest BCUT2D eigenvalue weighted by molar-refractivity contribution is 14.1. The summed E-state index contributed by atoms with van der Waals surface area (Å²) >= 11 is 0.219. The second-order valence-electron chi connectivity index (χ2n) is 2.22. The summed E-state index contributed by atoms with van der Waals surface area (Å²) in [5, 5.41) is 0. The van der Waals surface area contributed by atoms with Crippen molar-refractivity contribution in [2.75, 3.05) is 0 Å². The smallest absolute Gasteiger partial charge is 0.201 e. The van der Waals surface area contributed by atoms with Crippen LogP contribution >= 0.6 is 22.6 Å². The summed E-state index contributed by atoms with van der Waals surface area (Å²) in [6, 6.07) is 0. The van der Waals surface area contributed by atoms with Crippen LogP contribution in [0.2, 0.25) is 0 Å². The molecular formula is C5F9I. The lowest BCUT2D eigenvalue weighted by molar-refractivity contribution is -0.347. The fourth-order valence-electron chi connectivity index (χ4n) is 0.435. The largest absolute Gasteiger partial charge is 0.460 e. The maximum Gasteiger partial charge on any atom is 0.460 e. The summed E-state index contributed by atoms with van der Waals surface area (Å²) in [4.78, 5) is 0. The standard InChI is InChI=1S/C5F9I/c6-1(2(7)15)3(8,9)4(10,11)5(12,13)14. The number of hydrogen-bond acceptors (Lipinski definition) is 0. The van der Waals surface area contributed by atoms with Gasteiger partial charge in [0, 0.05) is 0 Å². The molecule has 0 aromatic heterocycles. The molecule has 0 rings (SSSR count). The number of halogens is 10. The molecule has 15 heavy (non-hydrogen) atoms. The van der Waals surface area contributed by atoms with Crippen LogP contribution in [-0.2, 0) is 0 Å². The van der Waals surface area contributed by atoms with Crippen molar-refractivity contribution in [3.63, 3.8) is 0 Å². The molecule has 0 N–H and O–H groups in total. The Labute approximate surface area is 90.3 Å². The van der Waals surface area contributed by atoms with Crippen LogP contribution in [0.15, 0.2) is 9.66 Å². The predicted octanol–water partition coefficient (Wildman–Crippen LogP) is 4.36. The molecule has 0 aromatic carbocycles. The Balaban J connectivity index is 5.49. The van der Waals surface area contributed by atoms with Gasteiger partial charge in [-0.15, -0.1) is 0 Å². The third-order valence-electron chi connectivity index (χ3n) is 1.19. The molecule has 0 nitrogen and oxygen atoms in total. The fraction of sp³-hybridized carbons (Fsp3) is 0.600. The zero-order valence-corrected chi connectivity index (χ0v) is 8.44. The quantitative estimate of drug-likeness (QED) is 0.508. The average Bonchev–Trinajstić information content (AvgIpc) is 2.00. The van der Waals surface area contributed by atoms with Crippen molar-refractivity contribution in [2.24, 2.45) is 0 Å². The predicted molar refractivity (Wildman–Crippen MR) is 39.2 cm³/mol. The Kier molecular flexibility index (Phi) is 3.97. The van der Waals surface area contributed by atoms with E-state index in [4.69, 9.17) is 0 Å². The lowest BCUT2D eigenvalue weighted by Crippen LogP contribution is -2.52. The van der Waals surface area contributed by atoms with Gasteiger partial charge in [0.25, 0.3) is 0 Å². The molecule has 0 radical (unpaired) electrons. The molecule has 0 aliphatic carbocycles. The minimum Gasteiger partial charge on any atom is -0.201 e. The van der Waals surface area contributed by atoms with E-state index in [0.717, 1.165) is 0 Å². The van der Waals surface area contributed by atoms with Crippen molar-refractivity contribution in [1.82, 2.24) is 0 Å². The summed E-state index contributed by atoms with van der Waals surface area (Å²) in [5.41, 5.74) is 0. The van der Waals surface area contributed by atoms with E-state index < -0.39 is 27.7 Å². The van der Waals surface area contributed by atoms with Gasteiger partial charge in [0.15, 0.2) is 3.83 Å². The molecular weight excluding hydrogens is 358 g/mol. The van der Waals surface area contributed by atoms with Crippen LogP contribution in [0.5, 0.6) is 0 Å². The molecule has 0 amide bonds. The number of rotatable bonds is 2. The van der Waals surface area contributed by atoms with Crippen molar-refractivity contribution in [1.29, 1.82) is 0 Å². The summed E-state index contributed by atoms with van der Waals surface area (Å²) < 4.78 is 104. The number of alkyl halides is 7. The lowest BCUT2D eigenvalue weighted by atomic mass is 10.1. The first-order valence-electron chi connectivity index (χ1n) is 2.89. The second kappa shape index (κ2) is 4.01. The fourth-order valence-corrected chi connectivity index (χ4v) is 0.773. The van der Waals surface area contributed by atoms with Gasteiger partial charge in [-0.2, -0.15) is 35.1 Å². The SMILES string of the molecule is FC(I)=C(F)C(F)(F)C(F)(F)C(F)(F)F. The Morgan fingerprint density at radius 3 is 1.33 bits per heavy atom. The number of hydrogen-bond donors (Lipinski definition) is 0. The maximum atomic E-state index is 12.2. The van der Waals surface area contributed by atoms with Gasteiger partial charge in [-0.25, -0.2) is 4.39 Å². The topological polar surface area (TPSA) is 0 Å².